The molecule has 1 saturated heterocycles. The summed E-state index contributed by atoms with van der Waals surface area (Å²) >= 11 is 0. The Labute approximate surface area is 177 Å². The predicted octanol–water partition coefficient (Wildman–Crippen LogP) is 3.52. The molecule has 3 aromatic rings. The second kappa shape index (κ2) is 8.72. The molecule has 0 aliphatic carbocycles. The third-order valence-electron chi connectivity index (χ3n) is 5.78. The standard InChI is InChI=1S/C21H24F3N7/c1-12(16-4-2-14(28-16)8-9-25)17-6-7-19(31-30-17)18-5-3-15(13-10-26-27-11-13)20(29-18)21(22,23)24/h3,5-7,10-12,14,16,28H,2,4,8-9,25H2,1H3,(H,26,27). The second-order valence-electron chi connectivity index (χ2n) is 7.83. The summed E-state index contributed by atoms with van der Waals surface area (Å²) < 4.78 is 40.9. The van der Waals surface area contributed by atoms with Gasteiger partial charge in [-0.3, -0.25) is 5.10 Å². The first-order valence-corrected chi connectivity index (χ1v) is 10.2. The Bertz CT molecular complexity index is 1000. The Morgan fingerprint density at radius 3 is 2.58 bits per heavy atom. The van der Waals surface area contributed by atoms with Gasteiger partial charge in [-0.15, -0.1) is 5.10 Å². The van der Waals surface area contributed by atoms with Gasteiger partial charge in [0.1, 0.15) is 5.69 Å². The molecule has 4 heterocycles. The number of hydrogen-bond acceptors (Lipinski definition) is 6. The molecule has 0 saturated carbocycles. The SMILES string of the molecule is CC(c1ccc(-c2ccc(-c3cn[nH]c3)c(C(F)(F)F)n2)nn1)C1CCC(CCN)N1. The van der Waals surface area contributed by atoms with Gasteiger partial charge < -0.3 is 11.1 Å². The largest absolute Gasteiger partial charge is 0.433 e. The summed E-state index contributed by atoms with van der Waals surface area (Å²) in [5.41, 5.74) is 6.15. The van der Waals surface area contributed by atoms with E-state index >= 15 is 0 Å². The van der Waals surface area contributed by atoms with Crippen LogP contribution >= 0.6 is 0 Å². The van der Waals surface area contributed by atoms with E-state index in [0.717, 1.165) is 25.0 Å². The van der Waals surface area contributed by atoms with Gasteiger partial charge in [0.2, 0.25) is 0 Å². The number of H-pyrrole nitrogens is 1. The van der Waals surface area contributed by atoms with E-state index in [2.05, 4.69) is 37.6 Å². The maximum Gasteiger partial charge on any atom is 0.433 e. The van der Waals surface area contributed by atoms with E-state index in [4.69, 9.17) is 5.73 Å². The fourth-order valence-electron chi connectivity index (χ4n) is 4.05. The molecule has 164 valence electrons. The molecule has 3 unspecified atom stereocenters. The van der Waals surface area contributed by atoms with Crippen LogP contribution in [0.4, 0.5) is 13.2 Å². The smallest absolute Gasteiger partial charge is 0.330 e. The van der Waals surface area contributed by atoms with Crippen LogP contribution < -0.4 is 11.1 Å². The van der Waals surface area contributed by atoms with Crippen LogP contribution in [0.2, 0.25) is 0 Å². The van der Waals surface area contributed by atoms with Crippen LogP contribution in [0, 0.1) is 0 Å². The first kappa shape index (κ1) is 21.4. The van der Waals surface area contributed by atoms with Crippen LogP contribution in [0.1, 0.15) is 43.5 Å². The lowest BCUT2D eigenvalue weighted by molar-refractivity contribution is -0.140. The van der Waals surface area contributed by atoms with E-state index in [1.165, 1.54) is 24.5 Å². The Balaban J connectivity index is 1.56. The van der Waals surface area contributed by atoms with Crippen molar-refractivity contribution in [2.24, 2.45) is 5.73 Å². The summed E-state index contributed by atoms with van der Waals surface area (Å²) in [6.45, 7) is 2.73. The van der Waals surface area contributed by atoms with Crippen LogP contribution in [-0.4, -0.2) is 44.0 Å². The normalized spacial score (nSPS) is 20.2. The minimum absolute atomic E-state index is 0.0393. The molecule has 7 nitrogen and oxygen atoms in total. The Morgan fingerprint density at radius 2 is 1.94 bits per heavy atom. The Hall–Kier alpha value is -2.85. The molecule has 31 heavy (non-hydrogen) atoms. The number of aromatic nitrogens is 5. The fraction of sp³-hybridized carbons (Fsp3) is 0.429. The van der Waals surface area contributed by atoms with Crippen molar-refractivity contribution >= 4 is 0 Å². The Morgan fingerprint density at radius 1 is 1.13 bits per heavy atom. The van der Waals surface area contributed by atoms with Crippen LogP contribution in [-0.2, 0) is 6.18 Å². The van der Waals surface area contributed by atoms with Crippen molar-refractivity contribution in [3.05, 3.63) is 48.0 Å². The molecule has 1 fully saturated rings. The molecule has 10 heteroatoms. The Kier molecular flexibility index (Phi) is 6.01. The number of alkyl halides is 3. The zero-order chi connectivity index (χ0) is 22.0. The maximum atomic E-state index is 13.6. The highest BCUT2D eigenvalue weighted by Gasteiger charge is 2.36. The van der Waals surface area contributed by atoms with Crippen LogP contribution in [0.15, 0.2) is 36.7 Å². The first-order valence-electron chi connectivity index (χ1n) is 10.2. The quantitative estimate of drug-likeness (QED) is 0.552. The number of nitrogens with zero attached hydrogens (tertiary/aromatic N) is 4. The summed E-state index contributed by atoms with van der Waals surface area (Å²) in [4.78, 5) is 3.86. The van der Waals surface area contributed by atoms with Gasteiger partial charge >= 0.3 is 6.18 Å². The monoisotopic (exact) mass is 431 g/mol. The van der Waals surface area contributed by atoms with E-state index in [9.17, 15) is 13.2 Å². The molecule has 0 spiro atoms. The van der Waals surface area contributed by atoms with E-state index in [0.29, 0.717) is 23.8 Å². The lowest BCUT2D eigenvalue weighted by Gasteiger charge is -2.20. The van der Waals surface area contributed by atoms with Crippen LogP contribution in [0.25, 0.3) is 22.5 Å². The van der Waals surface area contributed by atoms with E-state index in [1.807, 2.05) is 6.07 Å². The third-order valence-corrected chi connectivity index (χ3v) is 5.78. The van der Waals surface area contributed by atoms with Gasteiger partial charge in [0.25, 0.3) is 0 Å². The van der Waals surface area contributed by atoms with Crippen LogP contribution in [0.3, 0.4) is 0 Å². The molecule has 0 amide bonds. The minimum Gasteiger partial charge on any atom is -0.330 e. The molecule has 1 aliphatic rings. The molecule has 3 aromatic heterocycles. The number of aromatic amines is 1. The second-order valence-corrected chi connectivity index (χ2v) is 7.83. The molecular weight excluding hydrogens is 407 g/mol. The predicted molar refractivity (Wildman–Crippen MR) is 110 cm³/mol. The third kappa shape index (κ3) is 4.59. The molecule has 3 atom stereocenters. The van der Waals surface area contributed by atoms with Gasteiger partial charge in [0.15, 0.2) is 5.69 Å². The van der Waals surface area contributed by atoms with E-state index < -0.39 is 11.9 Å². The lowest BCUT2D eigenvalue weighted by Crippen LogP contribution is -2.34. The van der Waals surface area contributed by atoms with Gasteiger partial charge in [0, 0.05) is 35.3 Å². The van der Waals surface area contributed by atoms with Crippen molar-refractivity contribution in [3.63, 3.8) is 0 Å². The number of pyridine rings is 1. The summed E-state index contributed by atoms with van der Waals surface area (Å²) in [5.74, 6) is 0.131. The molecule has 4 rings (SSSR count). The van der Waals surface area contributed by atoms with E-state index in [1.54, 1.807) is 6.07 Å². The summed E-state index contributed by atoms with van der Waals surface area (Å²) in [5, 5.41) is 18.3. The number of nitrogens with one attached hydrogen (secondary N) is 2. The van der Waals surface area contributed by atoms with Gasteiger partial charge in [-0.1, -0.05) is 6.92 Å². The molecule has 0 radical (unpaired) electrons. The maximum absolute atomic E-state index is 13.6. The molecular formula is C21H24F3N7. The topological polar surface area (TPSA) is 105 Å². The first-order chi connectivity index (χ1) is 14.9. The van der Waals surface area contributed by atoms with Crippen molar-refractivity contribution in [1.82, 2.24) is 30.7 Å². The highest BCUT2D eigenvalue weighted by Crippen LogP contribution is 2.37. The average Bonchev–Trinajstić information content (AvgIpc) is 3.45. The van der Waals surface area contributed by atoms with E-state index in [-0.39, 0.29) is 23.2 Å². The highest BCUT2D eigenvalue weighted by atomic mass is 19.4. The molecule has 1 aliphatic heterocycles. The summed E-state index contributed by atoms with van der Waals surface area (Å²) in [6.07, 6.45) is 1.16. The number of rotatable bonds is 6. The van der Waals surface area contributed by atoms with Gasteiger partial charge in [-0.2, -0.15) is 23.4 Å². The van der Waals surface area contributed by atoms with Crippen molar-refractivity contribution in [3.8, 4) is 22.5 Å². The van der Waals surface area contributed by atoms with Gasteiger partial charge in [0.05, 0.1) is 17.6 Å². The molecule has 4 N–H and O–H groups in total. The van der Waals surface area contributed by atoms with Crippen molar-refractivity contribution in [1.29, 1.82) is 0 Å². The number of hydrogen-bond donors (Lipinski definition) is 3. The summed E-state index contributed by atoms with van der Waals surface area (Å²) in [6, 6.07) is 7.08. The van der Waals surface area contributed by atoms with Crippen molar-refractivity contribution < 1.29 is 13.2 Å². The number of halogens is 3. The van der Waals surface area contributed by atoms with Gasteiger partial charge in [-0.25, -0.2) is 4.98 Å². The zero-order valence-corrected chi connectivity index (χ0v) is 17.0. The van der Waals surface area contributed by atoms with Crippen LogP contribution in [0.5, 0.6) is 0 Å². The van der Waals surface area contributed by atoms with Gasteiger partial charge in [-0.05, 0) is 50.1 Å². The molecule has 0 aromatic carbocycles. The lowest BCUT2D eigenvalue weighted by atomic mass is 9.96. The summed E-state index contributed by atoms with van der Waals surface area (Å²) in [7, 11) is 0. The minimum atomic E-state index is -4.61. The van der Waals surface area contributed by atoms with Crippen molar-refractivity contribution in [2.75, 3.05) is 6.54 Å². The zero-order valence-electron chi connectivity index (χ0n) is 17.0. The average molecular weight is 431 g/mol. The highest BCUT2D eigenvalue weighted by molar-refractivity contribution is 5.68. The van der Waals surface area contributed by atoms with Crippen molar-refractivity contribution in [2.45, 2.75) is 50.4 Å². The fourth-order valence-corrected chi connectivity index (χ4v) is 4.05. The molecule has 0 bridgehead atoms. The number of nitrogens with two attached hydrogens (primary N) is 1.